The van der Waals surface area contributed by atoms with E-state index in [9.17, 15) is 9.59 Å². The third-order valence-corrected chi connectivity index (χ3v) is 4.24. The number of hydrogen-bond donors (Lipinski definition) is 2. The molecule has 0 saturated carbocycles. The number of nitrogens with one attached hydrogen (secondary N) is 2. The molecule has 132 valence electrons. The molecule has 2 heterocycles. The average molecular weight is 351 g/mol. The summed E-state index contributed by atoms with van der Waals surface area (Å²) in [5, 5.41) is 0.813. The number of fused-ring (bicyclic) bond motifs is 2. The molecular formula is C19H17N3O4. The number of ether oxygens (including phenoxy) is 2. The van der Waals surface area contributed by atoms with Crippen molar-refractivity contribution in [2.45, 2.75) is 6.10 Å². The van der Waals surface area contributed by atoms with Gasteiger partial charge in [-0.1, -0.05) is 30.3 Å². The summed E-state index contributed by atoms with van der Waals surface area (Å²) in [5.74, 6) is 0.219. The average Bonchev–Trinajstić information content (AvgIpc) is 3.02. The van der Waals surface area contributed by atoms with Gasteiger partial charge in [0.05, 0.1) is 5.56 Å². The Balaban J connectivity index is 1.42. The fourth-order valence-electron chi connectivity index (χ4n) is 2.94. The first-order chi connectivity index (χ1) is 12.6. The smallest absolute Gasteiger partial charge is 0.283 e. The standard InChI is InChI=1S/C19H17N3O4/c1-22-10-13(12-6-2-3-7-14(12)22)18(23)20-21-19(24)17-11-25-15-8-4-5-9-16(15)26-17/h2-10,17H,11H2,1H3,(H,20,23)(H,21,24)/t17-/m0/s1. The molecule has 26 heavy (non-hydrogen) atoms. The van der Waals surface area contributed by atoms with Crippen LogP contribution in [-0.2, 0) is 11.8 Å². The van der Waals surface area contributed by atoms with E-state index < -0.39 is 17.9 Å². The topological polar surface area (TPSA) is 81.6 Å². The van der Waals surface area contributed by atoms with Gasteiger partial charge in [-0.15, -0.1) is 0 Å². The number of hydrogen-bond acceptors (Lipinski definition) is 4. The highest BCUT2D eigenvalue weighted by atomic mass is 16.6. The first-order valence-corrected chi connectivity index (χ1v) is 8.16. The van der Waals surface area contributed by atoms with Crippen molar-refractivity contribution in [1.82, 2.24) is 15.4 Å². The Morgan fingerprint density at radius 1 is 1.04 bits per heavy atom. The molecule has 1 atom stereocenters. The van der Waals surface area contributed by atoms with Gasteiger partial charge in [0.1, 0.15) is 6.61 Å². The molecule has 0 unspecified atom stereocenters. The van der Waals surface area contributed by atoms with E-state index in [4.69, 9.17) is 9.47 Å². The third kappa shape index (κ3) is 2.83. The maximum Gasteiger partial charge on any atom is 0.283 e. The molecule has 7 nitrogen and oxygen atoms in total. The third-order valence-electron chi connectivity index (χ3n) is 4.24. The van der Waals surface area contributed by atoms with Crippen molar-refractivity contribution in [2.75, 3.05) is 6.61 Å². The van der Waals surface area contributed by atoms with E-state index in [0.717, 1.165) is 10.9 Å². The van der Waals surface area contributed by atoms with Crippen LogP contribution in [0, 0.1) is 0 Å². The highest BCUT2D eigenvalue weighted by molar-refractivity contribution is 6.07. The summed E-state index contributed by atoms with van der Waals surface area (Å²) >= 11 is 0. The molecule has 0 radical (unpaired) electrons. The van der Waals surface area contributed by atoms with Crippen molar-refractivity contribution < 1.29 is 19.1 Å². The zero-order valence-electron chi connectivity index (χ0n) is 14.1. The molecule has 4 rings (SSSR count). The molecule has 0 fully saturated rings. The molecule has 0 aliphatic carbocycles. The second kappa shape index (κ2) is 6.44. The van der Waals surface area contributed by atoms with Crippen LogP contribution in [0.5, 0.6) is 11.5 Å². The Morgan fingerprint density at radius 3 is 2.62 bits per heavy atom. The lowest BCUT2D eigenvalue weighted by Crippen LogP contribution is -2.50. The van der Waals surface area contributed by atoms with Gasteiger partial charge in [0.15, 0.2) is 11.5 Å². The molecule has 2 aromatic carbocycles. The number of amides is 2. The van der Waals surface area contributed by atoms with E-state index in [1.165, 1.54) is 0 Å². The van der Waals surface area contributed by atoms with Gasteiger partial charge in [0, 0.05) is 24.1 Å². The molecule has 7 heteroatoms. The van der Waals surface area contributed by atoms with E-state index in [2.05, 4.69) is 10.9 Å². The van der Waals surface area contributed by atoms with Crippen LogP contribution in [0.2, 0.25) is 0 Å². The molecule has 1 aliphatic rings. The van der Waals surface area contributed by atoms with Gasteiger partial charge in [0.2, 0.25) is 6.10 Å². The zero-order valence-corrected chi connectivity index (χ0v) is 14.1. The van der Waals surface area contributed by atoms with Gasteiger partial charge in [-0.2, -0.15) is 0 Å². The first-order valence-electron chi connectivity index (χ1n) is 8.16. The minimum Gasteiger partial charge on any atom is -0.485 e. The van der Waals surface area contributed by atoms with Gasteiger partial charge in [-0.3, -0.25) is 20.4 Å². The fraction of sp³-hybridized carbons (Fsp3) is 0.158. The molecule has 2 amide bonds. The second-order valence-electron chi connectivity index (χ2n) is 5.98. The summed E-state index contributed by atoms with van der Waals surface area (Å²) in [6.07, 6.45) is 0.889. The minimum atomic E-state index is -0.835. The summed E-state index contributed by atoms with van der Waals surface area (Å²) in [5.41, 5.74) is 6.26. The lowest BCUT2D eigenvalue weighted by Gasteiger charge is -2.25. The van der Waals surface area contributed by atoms with E-state index in [0.29, 0.717) is 17.1 Å². The lowest BCUT2D eigenvalue weighted by molar-refractivity contribution is -0.131. The number of para-hydroxylation sites is 3. The summed E-state index contributed by atoms with van der Waals surface area (Å²) in [7, 11) is 1.86. The van der Waals surface area contributed by atoms with Crippen LogP contribution in [0.4, 0.5) is 0 Å². The molecule has 0 bridgehead atoms. The molecule has 1 aliphatic heterocycles. The Kier molecular flexibility index (Phi) is 3.96. The van der Waals surface area contributed by atoms with Crippen molar-refractivity contribution in [3.8, 4) is 11.5 Å². The predicted octanol–water partition coefficient (Wildman–Crippen LogP) is 1.78. The van der Waals surface area contributed by atoms with Crippen molar-refractivity contribution in [1.29, 1.82) is 0 Å². The van der Waals surface area contributed by atoms with Crippen molar-refractivity contribution >= 4 is 22.7 Å². The quantitative estimate of drug-likeness (QED) is 0.690. The number of aromatic nitrogens is 1. The largest absolute Gasteiger partial charge is 0.485 e. The Morgan fingerprint density at radius 2 is 1.77 bits per heavy atom. The molecule has 3 aromatic rings. The summed E-state index contributed by atoms with van der Waals surface area (Å²) in [6, 6.07) is 14.7. The van der Waals surface area contributed by atoms with Gasteiger partial charge >= 0.3 is 0 Å². The summed E-state index contributed by atoms with van der Waals surface area (Å²) in [4.78, 5) is 24.7. The number of aryl methyl sites for hydroxylation is 1. The number of carbonyl (C=O) groups excluding carboxylic acids is 2. The second-order valence-corrected chi connectivity index (χ2v) is 5.98. The lowest BCUT2D eigenvalue weighted by atomic mass is 10.2. The molecular weight excluding hydrogens is 334 g/mol. The zero-order chi connectivity index (χ0) is 18.1. The van der Waals surface area contributed by atoms with Crippen LogP contribution in [0.1, 0.15) is 10.4 Å². The maximum absolute atomic E-state index is 12.4. The van der Waals surface area contributed by atoms with Gasteiger partial charge in [0.25, 0.3) is 11.8 Å². The highest BCUT2D eigenvalue weighted by Gasteiger charge is 2.27. The Hall–Kier alpha value is -3.48. The SMILES string of the molecule is Cn1cc(C(=O)NNC(=O)[C@@H]2COc3ccccc3O2)c2ccccc21. The maximum atomic E-state index is 12.4. The van der Waals surface area contributed by atoms with E-state index in [1.54, 1.807) is 24.4 Å². The van der Waals surface area contributed by atoms with Gasteiger partial charge < -0.3 is 14.0 Å². The minimum absolute atomic E-state index is 0.0764. The highest BCUT2D eigenvalue weighted by Crippen LogP contribution is 2.30. The fourth-order valence-corrected chi connectivity index (χ4v) is 2.94. The van der Waals surface area contributed by atoms with Gasteiger partial charge in [-0.25, -0.2) is 0 Å². The normalized spacial score (nSPS) is 15.5. The van der Waals surface area contributed by atoms with Crippen molar-refractivity contribution in [2.24, 2.45) is 7.05 Å². The Bertz CT molecular complexity index is 995. The predicted molar refractivity (Wildman–Crippen MR) is 94.9 cm³/mol. The molecule has 0 spiro atoms. The van der Waals surface area contributed by atoms with Crippen LogP contribution in [0.15, 0.2) is 54.7 Å². The molecule has 2 N–H and O–H groups in total. The molecule has 0 saturated heterocycles. The van der Waals surface area contributed by atoms with E-state index >= 15 is 0 Å². The number of rotatable bonds is 2. The summed E-state index contributed by atoms with van der Waals surface area (Å²) < 4.78 is 13.0. The monoisotopic (exact) mass is 351 g/mol. The molecule has 1 aromatic heterocycles. The Labute approximate surface area is 149 Å². The van der Waals surface area contributed by atoms with Crippen LogP contribution in [0.25, 0.3) is 10.9 Å². The summed E-state index contributed by atoms with van der Waals surface area (Å²) in [6.45, 7) is 0.0764. The first kappa shape index (κ1) is 16.0. The van der Waals surface area contributed by atoms with Crippen molar-refractivity contribution in [3.63, 3.8) is 0 Å². The number of carbonyl (C=O) groups is 2. The van der Waals surface area contributed by atoms with Crippen molar-refractivity contribution in [3.05, 3.63) is 60.3 Å². The van der Waals surface area contributed by atoms with Crippen LogP contribution < -0.4 is 20.3 Å². The number of nitrogens with zero attached hydrogens (tertiary/aromatic N) is 1. The number of benzene rings is 2. The number of hydrazine groups is 1. The van der Waals surface area contributed by atoms with Crippen LogP contribution >= 0.6 is 0 Å². The van der Waals surface area contributed by atoms with E-state index in [-0.39, 0.29) is 6.61 Å². The van der Waals surface area contributed by atoms with E-state index in [1.807, 2.05) is 41.9 Å². The van der Waals surface area contributed by atoms with Crippen LogP contribution in [0.3, 0.4) is 0 Å². The van der Waals surface area contributed by atoms with Gasteiger partial charge in [-0.05, 0) is 18.2 Å². The van der Waals surface area contributed by atoms with Crippen LogP contribution in [-0.4, -0.2) is 29.1 Å².